The Morgan fingerprint density at radius 1 is 1.29 bits per heavy atom. The van der Waals surface area contributed by atoms with Crippen molar-refractivity contribution in [2.75, 3.05) is 21.2 Å². The monoisotopic (exact) mass is 288 g/mol. The molecule has 0 saturated carbocycles. The van der Waals surface area contributed by atoms with E-state index in [-0.39, 0.29) is 0 Å². The Kier molecular flexibility index (Phi) is 4.51. The molecule has 1 aromatic rings. The number of piperidine rings is 1. The van der Waals surface area contributed by atoms with Crippen molar-refractivity contribution in [3.05, 3.63) is 29.8 Å². The summed E-state index contributed by atoms with van der Waals surface area (Å²) in [6.45, 7) is 0. The fraction of sp³-hybridized carbons (Fsp3) is 0.667. The average molecular weight is 288 g/mol. The first-order chi connectivity index (χ1) is 10.2. The van der Waals surface area contributed by atoms with E-state index >= 15 is 0 Å². The normalized spacial score (nSPS) is 30.3. The second-order valence-corrected chi connectivity index (χ2v) is 6.73. The number of benzene rings is 1. The molecular weight excluding hydrogens is 260 g/mol. The molecule has 2 fully saturated rings. The highest BCUT2D eigenvalue weighted by Gasteiger charge is 2.40. The van der Waals surface area contributed by atoms with Gasteiger partial charge in [-0.1, -0.05) is 12.1 Å². The Labute approximate surface area is 128 Å². The van der Waals surface area contributed by atoms with Gasteiger partial charge in [-0.2, -0.15) is 0 Å². The van der Waals surface area contributed by atoms with E-state index in [1.54, 1.807) is 7.11 Å². The third-order valence-corrected chi connectivity index (χ3v) is 5.66. The van der Waals surface area contributed by atoms with Crippen LogP contribution in [-0.2, 0) is 6.42 Å². The maximum atomic E-state index is 5.35. The maximum absolute atomic E-state index is 5.35. The Hall–Kier alpha value is -1.06. The molecule has 0 aromatic heterocycles. The molecule has 1 N–H and O–H groups in total. The Morgan fingerprint density at radius 3 is 2.62 bits per heavy atom. The van der Waals surface area contributed by atoms with E-state index in [1.807, 2.05) is 6.07 Å². The van der Waals surface area contributed by atoms with E-state index in [1.165, 1.54) is 31.2 Å². The minimum atomic E-state index is 0.578. The second kappa shape index (κ2) is 6.37. The van der Waals surface area contributed by atoms with Crippen molar-refractivity contribution in [3.63, 3.8) is 0 Å². The van der Waals surface area contributed by atoms with Crippen LogP contribution < -0.4 is 10.1 Å². The topological polar surface area (TPSA) is 24.5 Å². The molecule has 21 heavy (non-hydrogen) atoms. The molecular formula is C18H28N2O. The van der Waals surface area contributed by atoms with Crippen LogP contribution in [0.15, 0.2) is 24.3 Å². The minimum Gasteiger partial charge on any atom is -0.497 e. The zero-order chi connectivity index (χ0) is 14.8. The van der Waals surface area contributed by atoms with Gasteiger partial charge in [-0.15, -0.1) is 0 Å². The fourth-order valence-corrected chi connectivity index (χ4v) is 4.34. The maximum Gasteiger partial charge on any atom is 0.119 e. The molecule has 0 spiro atoms. The lowest BCUT2D eigenvalue weighted by molar-refractivity contribution is 0.114. The summed E-state index contributed by atoms with van der Waals surface area (Å²) in [6, 6.07) is 10.7. The summed E-state index contributed by atoms with van der Waals surface area (Å²) in [7, 11) is 6.17. The quantitative estimate of drug-likeness (QED) is 0.901. The summed E-state index contributed by atoms with van der Waals surface area (Å²) in [4.78, 5) is 2.62. The number of fused-ring (bicyclic) bond motifs is 2. The SMILES string of the molecule is CNC(Cc1cccc(OC)c1)C1CC2CCC(C1)N2C. The molecule has 2 saturated heterocycles. The third kappa shape index (κ3) is 3.09. The van der Waals surface area contributed by atoms with E-state index in [2.05, 4.69) is 42.5 Å². The van der Waals surface area contributed by atoms with Crippen LogP contribution in [-0.4, -0.2) is 44.2 Å². The van der Waals surface area contributed by atoms with Crippen molar-refractivity contribution in [1.29, 1.82) is 0 Å². The van der Waals surface area contributed by atoms with Gasteiger partial charge in [0.15, 0.2) is 0 Å². The van der Waals surface area contributed by atoms with Gasteiger partial charge in [0.1, 0.15) is 5.75 Å². The number of rotatable bonds is 5. The van der Waals surface area contributed by atoms with Gasteiger partial charge in [-0.05, 0) is 69.8 Å². The highest BCUT2D eigenvalue weighted by molar-refractivity contribution is 5.29. The van der Waals surface area contributed by atoms with Gasteiger partial charge < -0.3 is 15.0 Å². The standard InChI is InChI=1S/C18H28N2O/c1-19-18(10-13-5-4-6-17(9-13)21-3)14-11-15-7-8-16(12-14)20(15)2/h4-6,9,14-16,18-19H,7-8,10-12H2,1-3H3. The van der Waals surface area contributed by atoms with Gasteiger partial charge in [0, 0.05) is 18.1 Å². The molecule has 0 amide bonds. The van der Waals surface area contributed by atoms with Crippen molar-refractivity contribution in [1.82, 2.24) is 10.2 Å². The second-order valence-electron chi connectivity index (χ2n) is 6.73. The molecule has 2 heterocycles. The smallest absolute Gasteiger partial charge is 0.119 e. The lowest BCUT2D eigenvalue weighted by Crippen LogP contribution is -2.47. The predicted molar refractivity (Wildman–Crippen MR) is 86.8 cm³/mol. The molecule has 2 aliphatic rings. The Bertz CT molecular complexity index is 462. The molecule has 1 aromatic carbocycles. The zero-order valence-electron chi connectivity index (χ0n) is 13.5. The summed E-state index contributed by atoms with van der Waals surface area (Å²) in [5.74, 6) is 1.76. The number of methoxy groups -OCH3 is 1. The van der Waals surface area contributed by atoms with E-state index in [0.717, 1.165) is 30.2 Å². The molecule has 0 radical (unpaired) electrons. The van der Waals surface area contributed by atoms with Crippen LogP contribution in [0.5, 0.6) is 5.75 Å². The van der Waals surface area contributed by atoms with Crippen LogP contribution in [0.2, 0.25) is 0 Å². The van der Waals surface area contributed by atoms with Crippen LogP contribution in [0, 0.1) is 5.92 Å². The zero-order valence-corrected chi connectivity index (χ0v) is 13.5. The first-order valence-electron chi connectivity index (χ1n) is 8.23. The number of ether oxygens (including phenoxy) is 1. The third-order valence-electron chi connectivity index (χ3n) is 5.66. The summed E-state index contributed by atoms with van der Waals surface area (Å²) in [5, 5.41) is 3.58. The van der Waals surface area contributed by atoms with Gasteiger partial charge in [-0.25, -0.2) is 0 Å². The molecule has 3 unspecified atom stereocenters. The highest BCUT2D eigenvalue weighted by atomic mass is 16.5. The average Bonchev–Trinajstić information content (AvgIpc) is 2.74. The van der Waals surface area contributed by atoms with Gasteiger partial charge in [-0.3, -0.25) is 0 Å². The number of nitrogens with zero attached hydrogens (tertiary/aromatic N) is 1. The largest absolute Gasteiger partial charge is 0.497 e. The van der Waals surface area contributed by atoms with E-state index in [9.17, 15) is 0 Å². The van der Waals surface area contributed by atoms with Crippen molar-refractivity contribution in [3.8, 4) is 5.75 Å². The molecule has 116 valence electrons. The van der Waals surface area contributed by atoms with Crippen molar-refractivity contribution < 1.29 is 4.74 Å². The van der Waals surface area contributed by atoms with Crippen LogP contribution >= 0.6 is 0 Å². The highest BCUT2D eigenvalue weighted by Crippen LogP contribution is 2.39. The Balaban J connectivity index is 1.68. The minimum absolute atomic E-state index is 0.578. The van der Waals surface area contributed by atoms with Crippen LogP contribution in [0.1, 0.15) is 31.2 Å². The molecule has 3 rings (SSSR count). The van der Waals surface area contributed by atoms with E-state index < -0.39 is 0 Å². The number of nitrogens with one attached hydrogen (secondary N) is 1. The molecule has 2 bridgehead atoms. The molecule has 3 heteroatoms. The molecule has 2 aliphatic heterocycles. The van der Waals surface area contributed by atoms with Gasteiger partial charge in [0.2, 0.25) is 0 Å². The summed E-state index contributed by atoms with van der Waals surface area (Å²) in [6.07, 6.45) is 6.59. The van der Waals surface area contributed by atoms with Crippen LogP contribution in [0.4, 0.5) is 0 Å². The molecule has 3 nitrogen and oxygen atoms in total. The molecule has 3 atom stereocenters. The first-order valence-corrected chi connectivity index (χ1v) is 8.23. The number of likely N-dealkylation sites (N-methyl/N-ethyl adjacent to an activating group) is 1. The van der Waals surface area contributed by atoms with Crippen molar-refractivity contribution >= 4 is 0 Å². The summed E-state index contributed by atoms with van der Waals surface area (Å²) in [5.41, 5.74) is 1.37. The van der Waals surface area contributed by atoms with Crippen molar-refractivity contribution in [2.45, 2.75) is 50.2 Å². The van der Waals surface area contributed by atoms with Crippen LogP contribution in [0.25, 0.3) is 0 Å². The van der Waals surface area contributed by atoms with Gasteiger partial charge in [0.05, 0.1) is 7.11 Å². The van der Waals surface area contributed by atoms with Crippen LogP contribution in [0.3, 0.4) is 0 Å². The van der Waals surface area contributed by atoms with Gasteiger partial charge in [0.25, 0.3) is 0 Å². The number of hydrogen-bond donors (Lipinski definition) is 1. The first kappa shape index (κ1) is 14.9. The fourth-order valence-electron chi connectivity index (χ4n) is 4.34. The van der Waals surface area contributed by atoms with E-state index in [4.69, 9.17) is 4.74 Å². The number of hydrogen-bond acceptors (Lipinski definition) is 3. The lowest BCUT2D eigenvalue weighted by atomic mass is 9.82. The van der Waals surface area contributed by atoms with Gasteiger partial charge >= 0.3 is 0 Å². The van der Waals surface area contributed by atoms with E-state index in [0.29, 0.717) is 6.04 Å². The Morgan fingerprint density at radius 2 is 2.00 bits per heavy atom. The summed E-state index contributed by atoms with van der Waals surface area (Å²) >= 11 is 0. The summed E-state index contributed by atoms with van der Waals surface area (Å²) < 4.78 is 5.35. The van der Waals surface area contributed by atoms with Crippen molar-refractivity contribution in [2.24, 2.45) is 5.92 Å². The lowest BCUT2D eigenvalue weighted by Gasteiger charge is -2.40. The predicted octanol–water partition coefficient (Wildman–Crippen LogP) is 2.70. The molecule has 0 aliphatic carbocycles.